The van der Waals surface area contributed by atoms with Crippen molar-refractivity contribution in [3.63, 3.8) is 0 Å². The third-order valence-corrected chi connectivity index (χ3v) is 5.53. The average Bonchev–Trinajstić information content (AvgIpc) is 3.32. The molecule has 27 heavy (non-hydrogen) atoms. The molecule has 0 atom stereocenters. The number of benzene rings is 2. The highest BCUT2D eigenvalue weighted by Gasteiger charge is 2.63. The third kappa shape index (κ3) is 3.06. The predicted molar refractivity (Wildman–Crippen MR) is 105 cm³/mol. The quantitative estimate of drug-likeness (QED) is 0.495. The molecule has 4 N–H and O–H groups in total. The van der Waals surface area contributed by atoms with Crippen molar-refractivity contribution in [2.75, 3.05) is 5.73 Å². The van der Waals surface area contributed by atoms with E-state index >= 15 is 0 Å². The summed E-state index contributed by atoms with van der Waals surface area (Å²) in [6, 6.07) is 12.7. The third-order valence-electron chi connectivity index (χ3n) is 5.29. The predicted octanol–water partition coefficient (Wildman–Crippen LogP) is 4.87. The van der Waals surface area contributed by atoms with Gasteiger partial charge in [-0.05, 0) is 36.6 Å². The Morgan fingerprint density at radius 1 is 1.15 bits per heavy atom. The van der Waals surface area contributed by atoms with Crippen LogP contribution in [0.1, 0.15) is 18.4 Å². The molecule has 7 heteroatoms. The molecule has 1 fully saturated rings. The van der Waals surface area contributed by atoms with Gasteiger partial charge in [0.15, 0.2) is 0 Å². The van der Waals surface area contributed by atoms with E-state index in [2.05, 4.69) is 0 Å². The van der Waals surface area contributed by atoms with Gasteiger partial charge in [-0.25, -0.2) is 0 Å². The highest BCUT2D eigenvalue weighted by molar-refractivity contribution is 7.80. The van der Waals surface area contributed by atoms with E-state index in [4.69, 9.17) is 23.7 Å². The van der Waals surface area contributed by atoms with E-state index in [0.29, 0.717) is 16.8 Å². The second-order valence-corrected chi connectivity index (χ2v) is 7.61. The van der Waals surface area contributed by atoms with Crippen LogP contribution in [0.2, 0.25) is 0 Å². The number of nitrogen functional groups attached to an aromatic ring is 1. The van der Waals surface area contributed by atoms with Crippen molar-refractivity contribution in [3.05, 3.63) is 54.2 Å². The van der Waals surface area contributed by atoms with E-state index in [0.717, 1.165) is 16.5 Å². The minimum atomic E-state index is -4.21. The number of aromatic nitrogens is 1. The van der Waals surface area contributed by atoms with E-state index in [1.165, 1.54) is 0 Å². The largest absolute Gasteiger partial charge is 0.399 e. The van der Waals surface area contributed by atoms with Crippen LogP contribution in [0.5, 0.6) is 0 Å². The topological polar surface area (TPSA) is 57.0 Å². The molecule has 1 saturated carbocycles. The molecule has 1 aliphatic carbocycles. The van der Waals surface area contributed by atoms with E-state index in [1.54, 1.807) is 22.9 Å². The Morgan fingerprint density at radius 3 is 2.52 bits per heavy atom. The van der Waals surface area contributed by atoms with Gasteiger partial charge in [-0.1, -0.05) is 36.5 Å². The molecule has 4 rings (SSSR count). The van der Waals surface area contributed by atoms with Gasteiger partial charge in [-0.15, -0.1) is 0 Å². The van der Waals surface area contributed by atoms with Crippen LogP contribution < -0.4 is 11.5 Å². The number of rotatable bonds is 4. The Balaban J connectivity index is 1.86. The zero-order chi connectivity index (χ0) is 19.4. The number of halogens is 3. The smallest absolute Gasteiger partial charge is 0.396 e. The van der Waals surface area contributed by atoms with Crippen LogP contribution in [0.15, 0.2) is 48.7 Å². The van der Waals surface area contributed by atoms with Gasteiger partial charge in [-0.2, -0.15) is 13.2 Å². The minimum Gasteiger partial charge on any atom is -0.399 e. The first kappa shape index (κ1) is 17.9. The Bertz CT molecular complexity index is 1050. The van der Waals surface area contributed by atoms with Crippen LogP contribution in [0.25, 0.3) is 22.0 Å². The highest BCUT2D eigenvalue weighted by Crippen LogP contribution is 2.59. The molecule has 0 saturated heterocycles. The molecular formula is C20H18F3N3S. The van der Waals surface area contributed by atoms with E-state index < -0.39 is 11.6 Å². The van der Waals surface area contributed by atoms with Crippen LogP contribution in [0.4, 0.5) is 18.9 Å². The van der Waals surface area contributed by atoms with Crippen LogP contribution in [-0.2, 0) is 6.54 Å². The van der Waals surface area contributed by atoms with E-state index in [1.807, 2.05) is 30.3 Å². The summed E-state index contributed by atoms with van der Waals surface area (Å²) in [5.74, 6) is 0. The first-order chi connectivity index (χ1) is 12.7. The van der Waals surface area contributed by atoms with Crippen LogP contribution >= 0.6 is 12.2 Å². The van der Waals surface area contributed by atoms with Gasteiger partial charge in [0.1, 0.15) is 4.99 Å². The molecule has 3 nitrogen and oxygen atoms in total. The standard InChI is InChI=1S/C20H18F3N3S/c21-20(22,23)19(6-7-19)11-26-10-16(15-5-4-14(24)9-17(15)26)12-2-1-3-13(8-12)18(25)27/h1-5,8-10H,6-7,11,24H2,(H2,25,27). The Labute approximate surface area is 159 Å². The summed E-state index contributed by atoms with van der Waals surface area (Å²) in [6.45, 7) is -0.106. The number of hydrogen-bond donors (Lipinski definition) is 2. The summed E-state index contributed by atoms with van der Waals surface area (Å²) in [4.78, 5) is 0.277. The van der Waals surface area contributed by atoms with Crippen molar-refractivity contribution in [2.24, 2.45) is 11.1 Å². The Morgan fingerprint density at radius 2 is 1.89 bits per heavy atom. The van der Waals surface area contributed by atoms with Crippen molar-refractivity contribution < 1.29 is 13.2 Å². The van der Waals surface area contributed by atoms with Crippen molar-refractivity contribution >= 4 is 33.8 Å². The molecule has 1 aromatic heterocycles. The van der Waals surface area contributed by atoms with Crippen molar-refractivity contribution in [2.45, 2.75) is 25.6 Å². The fourth-order valence-electron chi connectivity index (χ4n) is 3.52. The van der Waals surface area contributed by atoms with Gasteiger partial charge in [-0.3, -0.25) is 0 Å². The molecule has 0 unspecified atom stereocenters. The molecule has 3 aromatic rings. The zero-order valence-corrected chi connectivity index (χ0v) is 15.2. The molecular weight excluding hydrogens is 371 g/mol. The summed E-state index contributed by atoms with van der Waals surface area (Å²) >= 11 is 5.04. The van der Waals surface area contributed by atoms with Crippen molar-refractivity contribution in [1.29, 1.82) is 0 Å². The number of alkyl halides is 3. The van der Waals surface area contributed by atoms with Gasteiger partial charge >= 0.3 is 6.18 Å². The fourth-order valence-corrected chi connectivity index (χ4v) is 3.64. The van der Waals surface area contributed by atoms with Gasteiger partial charge in [0.2, 0.25) is 0 Å². The SMILES string of the molecule is NC(=S)c1cccc(-c2cn(CC3(C(F)(F)F)CC3)c3cc(N)ccc23)c1. The fraction of sp³-hybridized carbons (Fsp3) is 0.250. The number of nitrogens with two attached hydrogens (primary N) is 2. The second kappa shape index (κ2) is 5.99. The molecule has 1 aliphatic rings. The normalized spacial score (nSPS) is 15.8. The average molecular weight is 389 g/mol. The lowest BCUT2D eigenvalue weighted by atomic mass is 10.0. The van der Waals surface area contributed by atoms with Crippen LogP contribution in [0, 0.1) is 5.41 Å². The van der Waals surface area contributed by atoms with Crippen LogP contribution in [0.3, 0.4) is 0 Å². The summed E-state index contributed by atoms with van der Waals surface area (Å²) in [5, 5.41) is 0.849. The van der Waals surface area contributed by atoms with Crippen molar-refractivity contribution in [1.82, 2.24) is 4.57 Å². The van der Waals surface area contributed by atoms with Gasteiger partial charge in [0.05, 0.1) is 10.9 Å². The molecule has 1 heterocycles. The summed E-state index contributed by atoms with van der Waals surface area (Å²) in [6.07, 6.45) is -2.13. The molecule has 0 bridgehead atoms. The number of hydrogen-bond acceptors (Lipinski definition) is 2. The maximum absolute atomic E-state index is 13.5. The monoisotopic (exact) mass is 389 g/mol. The highest BCUT2D eigenvalue weighted by atomic mass is 32.1. The van der Waals surface area contributed by atoms with Gasteiger partial charge in [0.25, 0.3) is 0 Å². The molecule has 140 valence electrons. The van der Waals surface area contributed by atoms with Crippen molar-refractivity contribution in [3.8, 4) is 11.1 Å². The summed E-state index contributed by atoms with van der Waals surface area (Å²) in [5.41, 5.74) is 13.6. The maximum Gasteiger partial charge on any atom is 0.396 e. The molecule has 0 amide bonds. The van der Waals surface area contributed by atoms with E-state index in [9.17, 15) is 13.2 Å². The first-order valence-corrected chi connectivity index (χ1v) is 8.96. The lowest BCUT2D eigenvalue weighted by molar-refractivity contribution is -0.190. The Kier molecular flexibility index (Phi) is 3.96. The number of fused-ring (bicyclic) bond motifs is 1. The van der Waals surface area contributed by atoms with Gasteiger partial charge < -0.3 is 16.0 Å². The zero-order valence-electron chi connectivity index (χ0n) is 14.4. The van der Waals surface area contributed by atoms with Gasteiger partial charge in [0, 0.05) is 34.9 Å². The number of thiocarbonyl (C=S) groups is 1. The molecule has 0 aliphatic heterocycles. The molecule has 0 radical (unpaired) electrons. The summed E-state index contributed by atoms with van der Waals surface area (Å²) in [7, 11) is 0. The second-order valence-electron chi connectivity index (χ2n) is 7.17. The van der Waals surface area contributed by atoms with Crippen LogP contribution in [-0.4, -0.2) is 15.7 Å². The minimum absolute atomic E-state index is 0.106. The first-order valence-electron chi connectivity index (χ1n) is 8.56. The lowest BCUT2D eigenvalue weighted by Gasteiger charge is -2.20. The Hall–Kier alpha value is -2.54. The number of nitrogens with zero attached hydrogens (tertiary/aromatic N) is 1. The summed E-state index contributed by atoms with van der Waals surface area (Å²) < 4.78 is 42.1. The molecule has 0 spiro atoms. The van der Waals surface area contributed by atoms with E-state index in [-0.39, 0.29) is 24.4 Å². The molecule has 2 aromatic carbocycles. The lowest BCUT2D eigenvalue weighted by Crippen LogP contribution is -2.28. The number of anilines is 1. The maximum atomic E-state index is 13.5.